The first-order valence-electron chi connectivity index (χ1n) is 10.5. The van der Waals surface area contributed by atoms with E-state index in [1.165, 1.54) is 55.2 Å². The number of benzene rings is 1. The van der Waals surface area contributed by atoms with Gasteiger partial charge in [-0.2, -0.15) is 0 Å². The van der Waals surface area contributed by atoms with E-state index in [1.807, 2.05) is 0 Å². The zero-order valence-electron chi connectivity index (χ0n) is 17.4. The quantitative estimate of drug-likeness (QED) is 0.312. The summed E-state index contributed by atoms with van der Waals surface area (Å²) in [5.74, 6) is 0. The number of ether oxygens (including phenoxy) is 1. The van der Waals surface area contributed by atoms with Crippen LogP contribution in [-0.4, -0.2) is 12.1 Å². The average molecular weight is 359 g/mol. The van der Waals surface area contributed by atoms with Gasteiger partial charge in [-0.05, 0) is 81.3 Å². The van der Waals surface area contributed by atoms with E-state index in [2.05, 4.69) is 45.9 Å². The van der Waals surface area contributed by atoms with Crippen molar-refractivity contribution in [1.29, 1.82) is 0 Å². The molecule has 0 unspecified atom stereocenters. The molecule has 0 radical (unpaired) electrons. The monoisotopic (exact) mass is 358 g/mol. The Morgan fingerprint density at radius 1 is 0.962 bits per heavy atom. The lowest BCUT2D eigenvalue weighted by Gasteiger charge is -2.17. The molecule has 1 aromatic rings. The molecule has 0 atom stereocenters. The predicted molar refractivity (Wildman–Crippen MR) is 109 cm³/mol. The van der Waals surface area contributed by atoms with Gasteiger partial charge in [0.1, 0.15) is 5.60 Å². The Labute approximate surface area is 160 Å². The Hall–Kier alpha value is -1.31. The summed E-state index contributed by atoms with van der Waals surface area (Å²) in [5, 5.41) is 0. The zero-order chi connectivity index (χ0) is 19.0. The van der Waals surface area contributed by atoms with Gasteiger partial charge in [-0.3, -0.25) is 4.79 Å². The zero-order valence-corrected chi connectivity index (χ0v) is 17.4. The van der Waals surface area contributed by atoms with Gasteiger partial charge in [-0.25, -0.2) is 0 Å². The van der Waals surface area contributed by atoms with Crippen LogP contribution in [0.25, 0.3) is 0 Å². The van der Waals surface area contributed by atoms with Gasteiger partial charge in [0.05, 0.1) is 0 Å². The number of carbonyl (C=O) groups excluding carboxylic acids is 1. The highest BCUT2D eigenvalue weighted by atomic mass is 16.5. The number of rotatable bonds is 12. The Morgan fingerprint density at radius 3 is 2.12 bits per heavy atom. The minimum absolute atomic E-state index is 0.0907. The Bertz CT molecular complexity index is 564. The SMILES string of the molecule is Cc1cc(CCCCCC(C)(C)C)cc(CCCCC2(OC=O)CC2)c1. The third kappa shape index (κ3) is 7.93. The van der Waals surface area contributed by atoms with Gasteiger partial charge in [0.2, 0.25) is 0 Å². The molecule has 0 saturated heterocycles. The first-order valence-corrected chi connectivity index (χ1v) is 10.5. The van der Waals surface area contributed by atoms with Crippen LogP contribution in [0.3, 0.4) is 0 Å². The van der Waals surface area contributed by atoms with Crippen LogP contribution < -0.4 is 0 Å². The minimum atomic E-state index is -0.0907. The lowest BCUT2D eigenvalue weighted by Crippen LogP contribution is -2.12. The normalized spacial score (nSPS) is 15.7. The maximum Gasteiger partial charge on any atom is 0.293 e. The molecule has 2 heteroatoms. The molecular formula is C24H38O2. The van der Waals surface area contributed by atoms with E-state index in [0.717, 1.165) is 32.1 Å². The van der Waals surface area contributed by atoms with Crippen molar-refractivity contribution in [2.24, 2.45) is 5.41 Å². The van der Waals surface area contributed by atoms with Crippen LogP contribution >= 0.6 is 0 Å². The van der Waals surface area contributed by atoms with Crippen molar-refractivity contribution >= 4 is 6.47 Å². The number of carbonyl (C=O) groups is 1. The smallest absolute Gasteiger partial charge is 0.293 e. The van der Waals surface area contributed by atoms with Crippen LogP contribution in [0.5, 0.6) is 0 Å². The van der Waals surface area contributed by atoms with Crippen LogP contribution in [0.15, 0.2) is 18.2 Å². The van der Waals surface area contributed by atoms with E-state index in [9.17, 15) is 4.79 Å². The Kier molecular flexibility index (Phi) is 7.73. The van der Waals surface area contributed by atoms with Crippen LogP contribution in [0.2, 0.25) is 0 Å². The molecule has 0 spiro atoms. The van der Waals surface area contributed by atoms with Gasteiger partial charge in [0.25, 0.3) is 6.47 Å². The molecule has 146 valence electrons. The summed E-state index contributed by atoms with van der Waals surface area (Å²) in [6.45, 7) is 9.83. The summed E-state index contributed by atoms with van der Waals surface area (Å²) in [5.41, 5.74) is 4.73. The highest BCUT2D eigenvalue weighted by Crippen LogP contribution is 2.43. The fraction of sp³-hybridized carbons (Fsp3) is 0.708. The van der Waals surface area contributed by atoms with Crippen molar-refractivity contribution in [2.75, 3.05) is 0 Å². The highest BCUT2D eigenvalue weighted by molar-refractivity contribution is 5.39. The predicted octanol–water partition coefficient (Wildman–Crippen LogP) is 6.56. The average Bonchev–Trinajstić information content (AvgIpc) is 3.30. The van der Waals surface area contributed by atoms with Crippen molar-refractivity contribution in [3.05, 3.63) is 34.9 Å². The number of aryl methyl sites for hydroxylation is 3. The molecule has 0 aliphatic heterocycles. The summed E-state index contributed by atoms with van der Waals surface area (Å²) >= 11 is 0. The van der Waals surface area contributed by atoms with E-state index in [1.54, 1.807) is 0 Å². The Balaban J connectivity index is 1.70. The molecule has 0 aromatic heterocycles. The molecule has 1 fully saturated rings. The fourth-order valence-corrected chi connectivity index (χ4v) is 3.84. The standard InChI is InChI=1S/C24H38O2/c1-20-16-21(10-6-5-8-12-23(2,3)4)18-22(17-20)11-7-9-13-24(14-15-24)26-19-25/h16-19H,5-15H2,1-4H3. The maximum atomic E-state index is 10.5. The van der Waals surface area contributed by atoms with Gasteiger partial charge >= 0.3 is 0 Å². The molecule has 0 amide bonds. The molecule has 1 aromatic carbocycles. The van der Waals surface area contributed by atoms with Gasteiger partial charge in [0.15, 0.2) is 0 Å². The topological polar surface area (TPSA) is 26.3 Å². The number of hydrogen-bond donors (Lipinski definition) is 0. The van der Waals surface area contributed by atoms with Crippen molar-refractivity contribution < 1.29 is 9.53 Å². The second-order valence-corrected chi connectivity index (χ2v) is 9.55. The fourth-order valence-electron chi connectivity index (χ4n) is 3.84. The molecule has 2 nitrogen and oxygen atoms in total. The highest BCUT2D eigenvalue weighted by Gasteiger charge is 2.44. The number of unbranched alkanes of at least 4 members (excludes halogenated alkanes) is 3. The molecular weight excluding hydrogens is 320 g/mol. The summed E-state index contributed by atoms with van der Waals surface area (Å²) in [6.07, 6.45) is 13.1. The van der Waals surface area contributed by atoms with Crippen molar-refractivity contribution in [3.8, 4) is 0 Å². The second-order valence-electron chi connectivity index (χ2n) is 9.55. The first kappa shape index (κ1) is 21.0. The molecule has 26 heavy (non-hydrogen) atoms. The molecule has 1 aliphatic carbocycles. The van der Waals surface area contributed by atoms with Crippen molar-refractivity contribution in [3.63, 3.8) is 0 Å². The molecule has 1 saturated carbocycles. The summed E-state index contributed by atoms with van der Waals surface area (Å²) in [7, 11) is 0. The first-order chi connectivity index (χ1) is 12.3. The Morgan fingerprint density at radius 2 is 1.58 bits per heavy atom. The van der Waals surface area contributed by atoms with E-state index in [-0.39, 0.29) is 5.60 Å². The van der Waals surface area contributed by atoms with Crippen molar-refractivity contribution in [1.82, 2.24) is 0 Å². The van der Waals surface area contributed by atoms with E-state index < -0.39 is 0 Å². The van der Waals surface area contributed by atoms with Crippen LogP contribution in [0.4, 0.5) is 0 Å². The van der Waals surface area contributed by atoms with Crippen LogP contribution in [-0.2, 0) is 22.4 Å². The van der Waals surface area contributed by atoms with Gasteiger partial charge in [-0.1, -0.05) is 57.4 Å². The summed E-state index contributed by atoms with van der Waals surface area (Å²) < 4.78 is 5.24. The number of hydrogen-bond acceptors (Lipinski definition) is 2. The summed E-state index contributed by atoms with van der Waals surface area (Å²) in [6, 6.07) is 7.09. The van der Waals surface area contributed by atoms with E-state index >= 15 is 0 Å². The second kappa shape index (κ2) is 9.58. The molecule has 1 aliphatic rings. The largest absolute Gasteiger partial charge is 0.461 e. The molecule has 0 N–H and O–H groups in total. The van der Waals surface area contributed by atoms with Gasteiger partial charge < -0.3 is 4.74 Å². The van der Waals surface area contributed by atoms with Crippen LogP contribution in [0, 0.1) is 12.3 Å². The van der Waals surface area contributed by atoms with Gasteiger partial charge in [0, 0.05) is 0 Å². The molecule has 2 rings (SSSR count). The lowest BCUT2D eigenvalue weighted by molar-refractivity contribution is -0.135. The third-order valence-electron chi connectivity index (χ3n) is 5.54. The van der Waals surface area contributed by atoms with Crippen molar-refractivity contribution in [2.45, 2.75) is 104 Å². The third-order valence-corrected chi connectivity index (χ3v) is 5.54. The maximum absolute atomic E-state index is 10.5. The molecule has 0 heterocycles. The lowest BCUT2D eigenvalue weighted by atomic mass is 9.89. The summed E-state index contributed by atoms with van der Waals surface area (Å²) in [4.78, 5) is 10.5. The van der Waals surface area contributed by atoms with E-state index in [0.29, 0.717) is 11.9 Å². The van der Waals surface area contributed by atoms with Crippen LogP contribution in [0.1, 0.15) is 95.2 Å². The van der Waals surface area contributed by atoms with E-state index in [4.69, 9.17) is 4.74 Å². The van der Waals surface area contributed by atoms with Gasteiger partial charge in [-0.15, -0.1) is 0 Å². The molecule has 0 bridgehead atoms. The minimum Gasteiger partial charge on any atom is -0.461 e.